The summed E-state index contributed by atoms with van der Waals surface area (Å²) in [6.07, 6.45) is 0. The Morgan fingerprint density at radius 1 is 0.714 bits per heavy atom. The first-order valence-corrected chi connectivity index (χ1v) is 11.6. The van der Waals surface area contributed by atoms with Gasteiger partial charge in [0.25, 0.3) is 17.7 Å². The van der Waals surface area contributed by atoms with Crippen molar-refractivity contribution in [3.8, 4) is 0 Å². The van der Waals surface area contributed by atoms with Gasteiger partial charge in [-0.3, -0.25) is 19.3 Å². The van der Waals surface area contributed by atoms with Crippen LogP contribution in [0.4, 0.5) is 14.5 Å². The Morgan fingerprint density at radius 2 is 1.26 bits per heavy atom. The second kappa shape index (κ2) is 8.45. The topological polar surface area (TPSA) is 57.7 Å². The van der Waals surface area contributed by atoms with Crippen LogP contribution in [0.25, 0.3) is 0 Å². The van der Waals surface area contributed by atoms with E-state index in [4.69, 9.17) is 46.4 Å². The van der Waals surface area contributed by atoms with E-state index < -0.39 is 41.4 Å². The molecular weight excluding hydrogens is 544 g/mol. The van der Waals surface area contributed by atoms with E-state index in [1.54, 1.807) is 13.0 Å². The third-order valence-corrected chi connectivity index (χ3v) is 7.93. The van der Waals surface area contributed by atoms with Gasteiger partial charge >= 0.3 is 0 Å². The lowest BCUT2D eigenvalue weighted by Crippen LogP contribution is -2.67. The van der Waals surface area contributed by atoms with Gasteiger partial charge in [-0.2, -0.15) is 0 Å². The van der Waals surface area contributed by atoms with Crippen LogP contribution in [0.2, 0.25) is 20.1 Å². The Hall–Kier alpha value is -2.71. The van der Waals surface area contributed by atoms with Gasteiger partial charge < -0.3 is 4.90 Å². The Balaban J connectivity index is 1.64. The van der Waals surface area contributed by atoms with Crippen molar-refractivity contribution in [3.05, 3.63) is 96.4 Å². The second-order valence-electron chi connectivity index (χ2n) is 8.07. The third kappa shape index (κ3) is 3.44. The predicted molar refractivity (Wildman–Crippen MR) is 129 cm³/mol. The molecule has 1 saturated heterocycles. The minimum Gasteiger partial charge on any atom is -0.300 e. The minimum absolute atomic E-state index is 0.202. The van der Waals surface area contributed by atoms with Crippen molar-refractivity contribution in [1.29, 1.82) is 0 Å². The van der Waals surface area contributed by atoms with Crippen molar-refractivity contribution in [2.24, 2.45) is 0 Å². The van der Waals surface area contributed by atoms with Gasteiger partial charge in [-0.25, -0.2) is 8.78 Å². The Bertz CT molecular complexity index is 1420. The number of β-lactam (4-membered cyclic amide) rings is 1. The van der Waals surface area contributed by atoms with E-state index in [-0.39, 0.29) is 36.9 Å². The Labute approximate surface area is 217 Å². The number of halogens is 6. The normalized spacial score (nSPS) is 19.3. The van der Waals surface area contributed by atoms with E-state index in [1.165, 1.54) is 41.3 Å². The average molecular weight is 556 g/mol. The number of anilines is 1. The molecule has 35 heavy (non-hydrogen) atoms. The van der Waals surface area contributed by atoms with Crippen molar-refractivity contribution in [1.82, 2.24) is 4.90 Å². The second-order valence-corrected chi connectivity index (χ2v) is 9.58. The van der Waals surface area contributed by atoms with Crippen molar-refractivity contribution >= 4 is 69.8 Å². The maximum absolute atomic E-state index is 14.3. The fourth-order valence-corrected chi connectivity index (χ4v) is 5.37. The molecule has 0 unspecified atom stereocenters. The Kier molecular flexibility index (Phi) is 5.79. The van der Waals surface area contributed by atoms with Crippen LogP contribution in [0.15, 0.2) is 42.5 Å². The smallest absolute Gasteiger partial charge is 0.264 e. The van der Waals surface area contributed by atoms with Gasteiger partial charge in [0.15, 0.2) is 0 Å². The first-order valence-electron chi connectivity index (χ1n) is 10.1. The molecule has 0 N–H and O–H groups in total. The number of aryl methyl sites for hydroxylation is 1. The number of imide groups is 1. The van der Waals surface area contributed by atoms with E-state index in [0.717, 1.165) is 4.90 Å². The maximum Gasteiger partial charge on any atom is 0.264 e. The highest BCUT2D eigenvalue weighted by atomic mass is 35.5. The van der Waals surface area contributed by atoms with Crippen molar-refractivity contribution < 1.29 is 23.2 Å². The standard InChI is InChI=1S/C24H12Cl4F2N2O3/c1-9-2-7-12(8-13(9)30)31-20(10-3-5-11(29)6-4-10)21(24(31)35)32-22(33)14-15(23(32)34)17(26)19(28)18(27)16(14)25/h2-8,20-21H,1H3/t20-,21+/m0/s1. The van der Waals surface area contributed by atoms with Gasteiger partial charge in [0.1, 0.15) is 17.7 Å². The van der Waals surface area contributed by atoms with Crippen molar-refractivity contribution in [3.63, 3.8) is 0 Å². The fraction of sp³-hybridized carbons (Fsp3) is 0.125. The number of rotatable bonds is 3. The number of fused-ring (bicyclic) bond motifs is 1. The van der Waals surface area contributed by atoms with Gasteiger partial charge in [-0.05, 0) is 42.3 Å². The van der Waals surface area contributed by atoms with Crippen molar-refractivity contribution in [2.45, 2.75) is 19.0 Å². The molecule has 0 radical (unpaired) electrons. The molecule has 3 aromatic rings. The van der Waals surface area contributed by atoms with E-state index in [1.807, 2.05) is 0 Å². The minimum atomic E-state index is -1.33. The molecule has 11 heteroatoms. The summed E-state index contributed by atoms with van der Waals surface area (Å²) in [6.45, 7) is 1.57. The molecule has 0 aliphatic carbocycles. The first kappa shape index (κ1) is 24.0. The molecule has 3 amide bonds. The summed E-state index contributed by atoms with van der Waals surface area (Å²) < 4.78 is 27.9. The van der Waals surface area contributed by atoms with Gasteiger partial charge in [0, 0.05) is 5.69 Å². The Morgan fingerprint density at radius 3 is 1.77 bits per heavy atom. The summed E-state index contributed by atoms with van der Waals surface area (Å²) in [6, 6.07) is 7.15. The van der Waals surface area contributed by atoms with E-state index in [2.05, 4.69) is 0 Å². The van der Waals surface area contributed by atoms with E-state index in [0.29, 0.717) is 11.1 Å². The zero-order chi connectivity index (χ0) is 25.3. The zero-order valence-electron chi connectivity index (χ0n) is 17.6. The molecule has 2 aliphatic heterocycles. The van der Waals surface area contributed by atoms with Crippen LogP contribution in [-0.4, -0.2) is 28.7 Å². The zero-order valence-corrected chi connectivity index (χ0v) is 20.6. The molecule has 0 spiro atoms. The molecule has 178 valence electrons. The molecule has 0 saturated carbocycles. The summed E-state index contributed by atoms with van der Waals surface area (Å²) in [5.41, 5.74) is 0.474. The summed E-state index contributed by atoms with van der Waals surface area (Å²) in [4.78, 5) is 42.1. The summed E-state index contributed by atoms with van der Waals surface area (Å²) in [5, 5.41) is -0.933. The van der Waals surface area contributed by atoms with Gasteiger partial charge in [-0.1, -0.05) is 64.6 Å². The SMILES string of the molecule is Cc1ccc(N2C(=O)[C@H](N3C(=O)c4c(Cl)c(Cl)c(Cl)c(Cl)c4C3=O)[C@@H]2c2ccc(F)cc2)cc1F. The lowest BCUT2D eigenvalue weighted by molar-refractivity contribution is -0.130. The number of amides is 3. The first-order chi connectivity index (χ1) is 16.5. The summed E-state index contributed by atoms with van der Waals surface area (Å²) in [7, 11) is 0. The van der Waals surface area contributed by atoms with Crippen LogP contribution in [0.3, 0.4) is 0 Å². The van der Waals surface area contributed by atoms with Crippen LogP contribution < -0.4 is 4.90 Å². The number of hydrogen-bond acceptors (Lipinski definition) is 3. The lowest BCUT2D eigenvalue weighted by atomic mass is 9.86. The van der Waals surface area contributed by atoms with Crippen LogP contribution in [0, 0.1) is 18.6 Å². The molecule has 1 fully saturated rings. The molecular formula is C24H12Cl4F2N2O3. The monoisotopic (exact) mass is 554 g/mol. The molecule has 0 aromatic heterocycles. The van der Waals surface area contributed by atoms with Gasteiger partial charge in [-0.15, -0.1) is 0 Å². The largest absolute Gasteiger partial charge is 0.300 e. The molecule has 2 heterocycles. The molecule has 2 atom stereocenters. The number of benzene rings is 3. The highest BCUT2D eigenvalue weighted by Gasteiger charge is 2.58. The number of hydrogen-bond donors (Lipinski definition) is 0. The van der Waals surface area contributed by atoms with Gasteiger partial charge in [0.05, 0.1) is 37.3 Å². The number of carbonyl (C=O) groups is 3. The molecule has 5 nitrogen and oxygen atoms in total. The predicted octanol–water partition coefficient (Wildman–Crippen LogP) is 6.64. The molecule has 2 aliphatic rings. The summed E-state index contributed by atoms with van der Waals surface area (Å²) >= 11 is 24.6. The lowest BCUT2D eigenvalue weighted by Gasteiger charge is -2.49. The highest BCUT2D eigenvalue weighted by molar-refractivity contribution is 6.55. The average Bonchev–Trinajstić information content (AvgIpc) is 3.08. The summed E-state index contributed by atoms with van der Waals surface area (Å²) in [5.74, 6) is -3.47. The maximum atomic E-state index is 14.3. The van der Waals surface area contributed by atoms with E-state index >= 15 is 0 Å². The number of nitrogens with zero attached hydrogens (tertiary/aromatic N) is 2. The van der Waals surface area contributed by atoms with Crippen LogP contribution in [0.5, 0.6) is 0 Å². The van der Waals surface area contributed by atoms with Gasteiger partial charge in [0.2, 0.25) is 0 Å². The van der Waals surface area contributed by atoms with Crippen LogP contribution in [-0.2, 0) is 4.79 Å². The number of carbonyl (C=O) groups excluding carboxylic acids is 3. The quantitative estimate of drug-likeness (QED) is 0.157. The highest BCUT2D eigenvalue weighted by Crippen LogP contribution is 2.49. The van der Waals surface area contributed by atoms with Crippen molar-refractivity contribution in [2.75, 3.05) is 4.90 Å². The third-order valence-electron chi connectivity index (χ3n) is 6.12. The molecule has 5 rings (SSSR count). The van der Waals surface area contributed by atoms with Crippen LogP contribution >= 0.6 is 46.4 Å². The molecule has 0 bridgehead atoms. The van der Waals surface area contributed by atoms with E-state index in [9.17, 15) is 23.2 Å². The van der Waals surface area contributed by atoms with Crippen LogP contribution in [0.1, 0.15) is 37.9 Å². The fourth-order valence-electron chi connectivity index (χ4n) is 4.36. The molecule has 3 aromatic carbocycles.